The third-order valence-corrected chi connectivity index (χ3v) is 5.13. The molecule has 2 aliphatic rings. The molecule has 5 amide bonds. The van der Waals surface area contributed by atoms with Crippen LogP contribution in [-0.4, -0.2) is 35.1 Å². The highest BCUT2D eigenvalue weighted by atomic mass is 16.5. The van der Waals surface area contributed by atoms with Gasteiger partial charge in [-0.2, -0.15) is 0 Å². The first-order valence-corrected chi connectivity index (χ1v) is 9.20. The lowest BCUT2D eigenvalue weighted by molar-refractivity contribution is -0.138. The van der Waals surface area contributed by atoms with Crippen LogP contribution in [0.1, 0.15) is 30.1 Å². The number of carbonyl (C=O) groups excluding carboxylic acids is 5. The summed E-state index contributed by atoms with van der Waals surface area (Å²) in [6.45, 7) is 1.48. The van der Waals surface area contributed by atoms with E-state index in [-0.39, 0.29) is 18.6 Å². The second kappa shape index (κ2) is 7.11. The van der Waals surface area contributed by atoms with E-state index in [0.717, 1.165) is 4.90 Å². The van der Waals surface area contributed by atoms with E-state index in [9.17, 15) is 24.0 Å². The molecule has 4 rings (SSSR count). The van der Waals surface area contributed by atoms with Gasteiger partial charge in [-0.25, -0.2) is 4.79 Å². The number of imide groups is 2. The zero-order valence-corrected chi connectivity index (χ0v) is 15.9. The SMILES string of the molecule is CC(=O)c1ccc(Oc2ccc(N3C(=O)CCC34C(=O)NC(=O)NC4=O)cc2)cc1. The number of hydrogen-bond donors (Lipinski definition) is 2. The number of urea groups is 1. The van der Waals surface area contributed by atoms with E-state index in [1.807, 2.05) is 0 Å². The Bertz CT molecular complexity index is 1050. The molecule has 2 aromatic carbocycles. The average molecular weight is 407 g/mol. The number of hydrogen-bond acceptors (Lipinski definition) is 6. The maximum Gasteiger partial charge on any atom is 0.328 e. The standard InChI is InChI=1S/C21H17N3O6/c1-12(25)13-2-6-15(7-3-13)30-16-8-4-14(5-9-16)24-17(26)10-11-21(24)18(27)22-20(29)23-19(21)28/h2-9H,10-11H2,1H3,(H2,22,23,27,28,29). The number of rotatable bonds is 4. The fraction of sp³-hybridized carbons (Fsp3) is 0.190. The number of benzene rings is 2. The number of ketones is 1. The Morgan fingerprint density at radius 3 is 1.97 bits per heavy atom. The summed E-state index contributed by atoms with van der Waals surface area (Å²) in [4.78, 5) is 61.4. The Morgan fingerprint density at radius 1 is 0.900 bits per heavy atom. The van der Waals surface area contributed by atoms with Gasteiger partial charge in [0.05, 0.1) is 0 Å². The molecule has 30 heavy (non-hydrogen) atoms. The van der Waals surface area contributed by atoms with Gasteiger partial charge in [0.1, 0.15) is 11.5 Å². The monoisotopic (exact) mass is 407 g/mol. The van der Waals surface area contributed by atoms with Gasteiger partial charge in [-0.3, -0.25) is 34.7 Å². The van der Waals surface area contributed by atoms with Crippen molar-refractivity contribution in [2.24, 2.45) is 0 Å². The molecule has 1 spiro atoms. The molecule has 2 saturated heterocycles. The maximum atomic E-state index is 12.5. The molecule has 2 aromatic rings. The molecule has 0 aromatic heterocycles. The normalized spacial score (nSPS) is 17.7. The Kier molecular flexibility index (Phi) is 4.57. The van der Waals surface area contributed by atoms with Crippen LogP contribution in [0, 0.1) is 0 Å². The Morgan fingerprint density at radius 2 is 1.43 bits per heavy atom. The van der Waals surface area contributed by atoms with Crippen molar-refractivity contribution in [3.8, 4) is 11.5 Å². The number of barbiturate groups is 1. The van der Waals surface area contributed by atoms with Crippen LogP contribution < -0.4 is 20.3 Å². The Balaban J connectivity index is 1.59. The number of nitrogens with one attached hydrogen (secondary N) is 2. The lowest BCUT2D eigenvalue weighted by Crippen LogP contribution is -2.72. The van der Waals surface area contributed by atoms with Crippen molar-refractivity contribution in [2.75, 3.05) is 4.90 Å². The fourth-order valence-corrected chi connectivity index (χ4v) is 3.62. The second-order valence-corrected chi connectivity index (χ2v) is 7.00. The zero-order chi connectivity index (χ0) is 21.5. The molecule has 0 atom stereocenters. The number of nitrogens with zero attached hydrogens (tertiary/aromatic N) is 1. The number of carbonyl (C=O) groups is 5. The molecule has 9 nitrogen and oxygen atoms in total. The maximum absolute atomic E-state index is 12.5. The summed E-state index contributed by atoms with van der Waals surface area (Å²) in [7, 11) is 0. The molecule has 0 bridgehead atoms. The summed E-state index contributed by atoms with van der Waals surface area (Å²) < 4.78 is 5.73. The first-order valence-electron chi connectivity index (χ1n) is 9.20. The van der Waals surface area contributed by atoms with Gasteiger partial charge < -0.3 is 4.74 Å². The van der Waals surface area contributed by atoms with E-state index in [0.29, 0.717) is 22.7 Å². The van der Waals surface area contributed by atoms with Crippen LogP contribution in [0.3, 0.4) is 0 Å². The smallest absolute Gasteiger partial charge is 0.328 e. The third-order valence-electron chi connectivity index (χ3n) is 5.13. The summed E-state index contributed by atoms with van der Waals surface area (Å²) in [5.41, 5.74) is -0.898. The summed E-state index contributed by atoms with van der Waals surface area (Å²) in [5.74, 6) is -1.12. The molecule has 0 radical (unpaired) electrons. The minimum atomic E-state index is -1.80. The number of anilines is 1. The van der Waals surface area contributed by atoms with Crippen LogP contribution in [0.4, 0.5) is 10.5 Å². The van der Waals surface area contributed by atoms with Gasteiger partial charge in [-0.15, -0.1) is 0 Å². The Hall–Kier alpha value is -4.01. The van der Waals surface area contributed by atoms with Crippen molar-refractivity contribution in [1.29, 1.82) is 0 Å². The molecule has 9 heteroatoms. The molecular formula is C21H17N3O6. The van der Waals surface area contributed by atoms with Crippen molar-refractivity contribution < 1.29 is 28.7 Å². The minimum absolute atomic E-state index is 0.00419. The van der Waals surface area contributed by atoms with Crippen molar-refractivity contribution in [2.45, 2.75) is 25.3 Å². The van der Waals surface area contributed by atoms with Crippen LogP contribution in [0.2, 0.25) is 0 Å². The highest BCUT2D eigenvalue weighted by Gasteiger charge is 2.60. The fourth-order valence-electron chi connectivity index (χ4n) is 3.62. The molecule has 0 unspecified atom stereocenters. The van der Waals surface area contributed by atoms with Gasteiger partial charge in [-0.05, 0) is 61.9 Å². The van der Waals surface area contributed by atoms with Crippen LogP contribution >= 0.6 is 0 Å². The van der Waals surface area contributed by atoms with Crippen molar-refractivity contribution in [1.82, 2.24) is 10.6 Å². The first kappa shape index (κ1) is 19.3. The summed E-state index contributed by atoms with van der Waals surface area (Å²) in [5, 5.41) is 4.13. The van der Waals surface area contributed by atoms with Gasteiger partial charge in [0.25, 0.3) is 11.8 Å². The highest BCUT2D eigenvalue weighted by molar-refractivity contribution is 6.28. The molecule has 2 N–H and O–H groups in total. The topological polar surface area (TPSA) is 122 Å². The predicted molar refractivity (Wildman–Crippen MR) is 104 cm³/mol. The molecule has 152 valence electrons. The quantitative estimate of drug-likeness (QED) is 0.590. The van der Waals surface area contributed by atoms with Crippen molar-refractivity contribution in [3.05, 3.63) is 54.1 Å². The molecule has 2 fully saturated rings. The van der Waals surface area contributed by atoms with Gasteiger partial charge >= 0.3 is 6.03 Å². The third kappa shape index (κ3) is 3.10. The van der Waals surface area contributed by atoms with Crippen molar-refractivity contribution >= 4 is 35.2 Å². The van der Waals surface area contributed by atoms with E-state index >= 15 is 0 Å². The second-order valence-electron chi connectivity index (χ2n) is 7.00. The molecular weight excluding hydrogens is 390 g/mol. The number of ether oxygens (including phenoxy) is 1. The minimum Gasteiger partial charge on any atom is -0.457 e. The number of amides is 5. The van der Waals surface area contributed by atoms with E-state index < -0.39 is 29.3 Å². The lowest BCUT2D eigenvalue weighted by atomic mass is 9.91. The van der Waals surface area contributed by atoms with E-state index in [4.69, 9.17) is 4.74 Å². The van der Waals surface area contributed by atoms with Gasteiger partial charge in [0, 0.05) is 17.7 Å². The Labute approximate surface area is 171 Å². The summed E-state index contributed by atoms with van der Waals surface area (Å²) in [6, 6.07) is 12.0. The van der Waals surface area contributed by atoms with E-state index in [1.165, 1.54) is 6.92 Å². The lowest BCUT2D eigenvalue weighted by Gasteiger charge is -2.37. The number of Topliss-reactive ketones (excluding diaryl/α,β-unsaturated/α-hetero) is 1. The molecule has 2 aliphatic heterocycles. The van der Waals surface area contributed by atoms with Crippen molar-refractivity contribution in [3.63, 3.8) is 0 Å². The first-order chi connectivity index (χ1) is 14.3. The molecule has 0 saturated carbocycles. The zero-order valence-electron chi connectivity index (χ0n) is 15.9. The molecule has 2 heterocycles. The predicted octanol–water partition coefficient (Wildman–Crippen LogP) is 1.91. The van der Waals surface area contributed by atoms with E-state index in [1.54, 1.807) is 48.5 Å². The van der Waals surface area contributed by atoms with E-state index in [2.05, 4.69) is 10.6 Å². The largest absolute Gasteiger partial charge is 0.457 e. The highest BCUT2D eigenvalue weighted by Crippen LogP contribution is 2.37. The summed E-state index contributed by atoms with van der Waals surface area (Å²) >= 11 is 0. The molecule has 0 aliphatic carbocycles. The van der Waals surface area contributed by atoms with Gasteiger partial charge in [0.2, 0.25) is 11.4 Å². The van der Waals surface area contributed by atoms with Crippen LogP contribution in [0.25, 0.3) is 0 Å². The average Bonchev–Trinajstić information content (AvgIpc) is 3.06. The van der Waals surface area contributed by atoms with Crippen LogP contribution in [-0.2, 0) is 14.4 Å². The van der Waals surface area contributed by atoms with Crippen LogP contribution in [0.15, 0.2) is 48.5 Å². The summed E-state index contributed by atoms with van der Waals surface area (Å²) in [6.07, 6.45) is -0.0344. The van der Waals surface area contributed by atoms with Gasteiger partial charge in [-0.1, -0.05) is 0 Å². The van der Waals surface area contributed by atoms with Gasteiger partial charge in [0.15, 0.2) is 5.78 Å². The van der Waals surface area contributed by atoms with Crippen LogP contribution in [0.5, 0.6) is 11.5 Å².